The fourth-order valence-corrected chi connectivity index (χ4v) is 2.69. The molecular formula is C17H22ClN3O4. The standard InChI is InChI=1S/C17H22ClN3O4/c1-16(2,3)21-15(25)19-10-5-6-12(18)11(9-10)13(22)20-17(14(23)24)7-4-8-17/h5-6,9H,4,7-8H2,1-3H3,(H,20,22)(H,23,24)(H2,19,21,25). The predicted molar refractivity (Wildman–Crippen MR) is 95.0 cm³/mol. The van der Waals surface area contributed by atoms with Crippen LogP contribution in [0.3, 0.4) is 0 Å². The molecule has 0 radical (unpaired) electrons. The third-order valence-electron chi connectivity index (χ3n) is 3.93. The minimum Gasteiger partial charge on any atom is -0.480 e. The van der Waals surface area contributed by atoms with Gasteiger partial charge in [0.05, 0.1) is 10.6 Å². The van der Waals surface area contributed by atoms with E-state index in [-0.39, 0.29) is 10.6 Å². The van der Waals surface area contributed by atoms with Gasteiger partial charge in [-0.05, 0) is 58.2 Å². The highest BCUT2D eigenvalue weighted by atomic mass is 35.5. The summed E-state index contributed by atoms with van der Waals surface area (Å²) in [4.78, 5) is 35.8. The molecule has 0 bridgehead atoms. The molecule has 0 saturated heterocycles. The van der Waals surface area contributed by atoms with Crippen LogP contribution in [-0.4, -0.2) is 34.1 Å². The Morgan fingerprint density at radius 2 is 1.84 bits per heavy atom. The van der Waals surface area contributed by atoms with E-state index in [1.165, 1.54) is 12.1 Å². The lowest BCUT2D eigenvalue weighted by molar-refractivity contribution is -0.148. The summed E-state index contributed by atoms with van der Waals surface area (Å²) < 4.78 is 0. The maximum atomic E-state index is 12.5. The van der Waals surface area contributed by atoms with E-state index in [4.69, 9.17) is 11.6 Å². The van der Waals surface area contributed by atoms with E-state index in [9.17, 15) is 19.5 Å². The summed E-state index contributed by atoms with van der Waals surface area (Å²) in [5.74, 6) is -1.63. The number of halogens is 1. The van der Waals surface area contributed by atoms with Crippen molar-refractivity contribution < 1.29 is 19.5 Å². The average Bonchev–Trinajstić information content (AvgIpc) is 2.42. The Balaban J connectivity index is 2.14. The molecule has 1 aromatic carbocycles. The van der Waals surface area contributed by atoms with Crippen molar-refractivity contribution in [2.75, 3.05) is 5.32 Å². The smallest absolute Gasteiger partial charge is 0.329 e. The zero-order chi connectivity index (χ0) is 18.8. The molecule has 1 aliphatic rings. The van der Waals surface area contributed by atoms with Crippen LogP contribution >= 0.6 is 11.6 Å². The number of carboxylic acids is 1. The number of rotatable bonds is 4. The van der Waals surface area contributed by atoms with Crippen LogP contribution in [0.5, 0.6) is 0 Å². The van der Waals surface area contributed by atoms with Crippen molar-refractivity contribution in [3.63, 3.8) is 0 Å². The van der Waals surface area contributed by atoms with E-state index in [2.05, 4.69) is 16.0 Å². The van der Waals surface area contributed by atoms with E-state index in [1.807, 2.05) is 20.8 Å². The molecule has 0 aromatic heterocycles. The van der Waals surface area contributed by atoms with Gasteiger partial charge in [-0.1, -0.05) is 11.6 Å². The van der Waals surface area contributed by atoms with Crippen LogP contribution in [0.2, 0.25) is 5.02 Å². The molecule has 1 saturated carbocycles. The average molecular weight is 368 g/mol. The lowest BCUT2D eigenvalue weighted by Crippen LogP contribution is -2.59. The minimum absolute atomic E-state index is 0.114. The van der Waals surface area contributed by atoms with Crippen LogP contribution in [0, 0.1) is 0 Å². The fourth-order valence-electron chi connectivity index (χ4n) is 2.49. The summed E-state index contributed by atoms with van der Waals surface area (Å²) in [6, 6.07) is 4.06. The van der Waals surface area contributed by atoms with Gasteiger partial charge in [0.1, 0.15) is 5.54 Å². The van der Waals surface area contributed by atoms with Crippen molar-refractivity contribution >= 4 is 35.2 Å². The number of anilines is 1. The summed E-state index contributed by atoms with van der Waals surface area (Å²) in [7, 11) is 0. The second kappa shape index (κ2) is 6.92. The van der Waals surface area contributed by atoms with Crippen molar-refractivity contribution in [1.82, 2.24) is 10.6 Å². The number of nitrogens with one attached hydrogen (secondary N) is 3. The van der Waals surface area contributed by atoms with E-state index in [0.29, 0.717) is 18.5 Å². The largest absolute Gasteiger partial charge is 0.480 e. The number of amides is 3. The van der Waals surface area contributed by atoms with Crippen molar-refractivity contribution in [1.29, 1.82) is 0 Å². The number of hydrogen-bond donors (Lipinski definition) is 4. The Kier molecular flexibility index (Phi) is 5.27. The molecule has 4 N–H and O–H groups in total. The topological polar surface area (TPSA) is 108 Å². The highest BCUT2D eigenvalue weighted by molar-refractivity contribution is 6.34. The van der Waals surface area contributed by atoms with Crippen LogP contribution in [0.4, 0.5) is 10.5 Å². The van der Waals surface area contributed by atoms with Crippen LogP contribution in [0.1, 0.15) is 50.4 Å². The van der Waals surface area contributed by atoms with Crippen LogP contribution in [-0.2, 0) is 4.79 Å². The third kappa shape index (κ3) is 4.63. The van der Waals surface area contributed by atoms with Crippen LogP contribution in [0.25, 0.3) is 0 Å². The summed E-state index contributed by atoms with van der Waals surface area (Å²) in [6.45, 7) is 5.53. The SMILES string of the molecule is CC(C)(C)NC(=O)Nc1ccc(Cl)c(C(=O)NC2(C(=O)O)CCC2)c1. The predicted octanol–water partition coefficient (Wildman–Crippen LogP) is 3.00. The molecule has 7 nitrogen and oxygen atoms in total. The normalized spacial score (nSPS) is 15.7. The number of urea groups is 1. The second-order valence-corrected chi connectivity index (χ2v) is 7.63. The van der Waals surface area contributed by atoms with Gasteiger partial charge < -0.3 is 21.1 Å². The Hall–Kier alpha value is -2.28. The first kappa shape index (κ1) is 19.1. The van der Waals surface area contributed by atoms with Crippen molar-refractivity contribution in [2.24, 2.45) is 0 Å². The molecule has 2 rings (SSSR count). The quantitative estimate of drug-likeness (QED) is 0.656. The van der Waals surface area contributed by atoms with Gasteiger partial charge in [-0.15, -0.1) is 0 Å². The zero-order valence-electron chi connectivity index (χ0n) is 14.4. The number of benzene rings is 1. The van der Waals surface area contributed by atoms with Gasteiger partial charge in [0.25, 0.3) is 5.91 Å². The van der Waals surface area contributed by atoms with Gasteiger partial charge in [-0.2, -0.15) is 0 Å². The first-order chi connectivity index (χ1) is 11.5. The summed E-state index contributed by atoms with van der Waals surface area (Å²) in [5.41, 5.74) is -1.14. The monoisotopic (exact) mass is 367 g/mol. The lowest BCUT2D eigenvalue weighted by Gasteiger charge is -2.38. The van der Waals surface area contributed by atoms with Crippen molar-refractivity contribution in [3.05, 3.63) is 28.8 Å². The molecule has 0 heterocycles. The molecule has 1 aliphatic carbocycles. The molecule has 25 heavy (non-hydrogen) atoms. The van der Waals surface area contributed by atoms with Gasteiger partial charge in [0.2, 0.25) is 0 Å². The van der Waals surface area contributed by atoms with E-state index in [1.54, 1.807) is 6.07 Å². The Morgan fingerprint density at radius 1 is 1.20 bits per heavy atom. The molecule has 3 amide bonds. The lowest BCUT2D eigenvalue weighted by atomic mass is 9.76. The highest BCUT2D eigenvalue weighted by Gasteiger charge is 2.45. The molecular weight excluding hydrogens is 346 g/mol. The molecule has 1 fully saturated rings. The van der Waals surface area contributed by atoms with Gasteiger partial charge in [0, 0.05) is 11.2 Å². The van der Waals surface area contributed by atoms with Crippen LogP contribution < -0.4 is 16.0 Å². The van der Waals surface area contributed by atoms with Crippen molar-refractivity contribution in [3.8, 4) is 0 Å². The molecule has 1 aromatic rings. The van der Waals surface area contributed by atoms with E-state index >= 15 is 0 Å². The first-order valence-electron chi connectivity index (χ1n) is 7.97. The number of carbonyl (C=O) groups is 3. The Bertz CT molecular complexity index is 708. The second-order valence-electron chi connectivity index (χ2n) is 7.22. The Labute approximate surface area is 151 Å². The zero-order valence-corrected chi connectivity index (χ0v) is 15.2. The van der Waals surface area contributed by atoms with Crippen LogP contribution in [0.15, 0.2) is 18.2 Å². The number of carbonyl (C=O) groups excluding carboxylic acids is 2. The molecule has 136 valence electrons. The van der Waals surface area contributed by atoms with Gasteiger partial charge in [-0.3, -0.25) is 4.79 Å². The highest BCUT2D eigenvalue weighted by Crippen LogP contribution is 2.33. The first-order valence-corrected chi connectivity index (χ1v) is 8.35. The third-order valence-corrected chi connectivity index (χ3v) is 4.26. The molecule has 0 aliphatic heterocycles. The molecule has 0 spiro atoms. The minimum atomic E-state index is -1.23. The van der Waals surface area contributed by atoms with E-state index in [0.717, 1.165) is 6.42 Å². The number of carboxylic acid groups (broad SMARTS) is 1. The molecule has 0 unspecified atom stereocenters. The summed E-state index contributed by atoms with van der Waals surface area (Å²) >= 11 is 6.07. The maximum absolute atomic E-state index is 12.5. The van der Waals surface area contributed by atoms with Crippen molar-refractivity contribution in [2.45, 2.75) is 51.1 Å². The summed E-state index contributed by atoms with van der Waals surface area (Å²) in [6.07, 6.45) is 1.52. The van der Waals surface area contributed by atoms with Gasteiger partial charge >= 0.3 is 12.0 Å². The fraction of sp³-hybridized carbons (Fsp3) is 0.471. The molecule has 0 atom stereocenters. The Morgan fingerprint density at radius 3 is 2.32 bits per heavy atom. The maximum Gasteiger partial charge on any atom is 0.329 e. The molecule has 8 heteroatoms. The van der Waals surface area contributed by atoms with Gasteiger partial charge in [0.15, 0.2) is 0 Å². The van der Waals surface area contributed by atoms with E-state index < -0.39 is 29.0 Å². The number of hydrogen-bond acceptors (Lipinski definition) is 3. The summed E-state index contributed by atoms with van der Waals surface area (Å²) in [5, 5.41) is 17.4. The number of aliphatic carboxylic acids is 1. The van der Waals surface area contributed by atoms with Gasteiger partial charge in [-0.25, -0.2) is 9.59 Å².